The quantitative estimate of drug-likeness (QED) is 0.238. The van der Waals surface area contributed by atoms with Crippen LogP contribution in [0.25, 0.3) is 38.9 Å². The number of para-hydroxylation sites is 3. The monoisotopic (exact) mass is 554 g/mol. The molecular formula is C34H22N2O6. The van der Waals surface area contributed by atoms with Crippen LogP contribution in [0, 0.1) is 0 Å². The van der Waals surface area contributed by atoms with E-state index in [-0.39, 0.29) is 44.6 Å². The highest BCUT2D eigenvalue weighted by Gasteiger charge is 2.35. The number of fused-ring (bicyclic) bond motifs is 2. The number of aromatic nitrogens is 2. The molecular weight excluding hydrogens is 532 g/mol. The van der Waals surface area contributed by atoms with Gasteiger partial charge in [-0.1, -0.05) is 72.8 Å². The fourth-order valence-corrected chi connectivity index (χ4v) is 5.39. The topological polar surface area (TPSA) is 119 Å². The molecule has 0 bridgehead atoms. The zero-order valence-corrected chi connectivity index (χ0v) is 22.0. The van der Waals surface area contributed by atoms with Gasteiger partial charge in [0.1, 0.15) is 22.7 Å². The van der Waals surface area contributed by atoms with E-state index in [1.54, 1.807) is 59.4 Å². The van der Waals surface area contributed by atoms with E-state index < -0.39 is 17.2 Å². The zero-order valence-electron chi connectivity index (χ0n) is 22.0. The zero-order chi connectivity index (χ0) is 28.8. The molecule has 8 nitrogen and oxygen atoms in total. The van der Waals surface area contributed by atoms with E-state index in [4.69, 9.17) is 13.9 Å². The van der Waals surface area contributed by atoms with Gasteiger partial charge in [-0.2, -0.15) is 5.10 Å². The van der Waals surface area contributed by atoms with Gasteiger partial charge in [0, 0.05) is 17.3 Å². The molecule has 7 rings (SSSR count). The smallest absolute Gasteiger partial charge is 0.344 e. The molecule has 0 saturated heterocycles. The van der Waals surface area contributed by atoms with Gasteiger partial charge in [-0.3, -0.25) is 0 Å². The first-order valence-corrected chi connectivity index (χ1v) is 13.2. The van der Waals surface area contributed by atoms with Gasteiger partial charge in [-0.15, -0.1) is 0 Å². The Hall–Kier alpha value is -5.89. The van der Waals surface area contributed by atoms with Gasteiger partial charge in [0.25, 0.3) is 0 Å². The van der Waals surface area contributed by atoms with Gasteiger partial charge >= 0.3 is 11.3 Å². The van der Waals surface area contributed by atoms with Crippen LogP contribution in [-0.4, -0.2) is 20.0 Å². The maximum Gasteiger partial charge on any atom is 0.344 e. The molecule has 0 unspecified atom stereocenters. The summed E-state index contributed by atoms with van der Waals surface area (Å²) in [6.45, 7) is 0. The second kappa shape index (κ2) is 9.94. The summed E-state index contributed by atoms with van der Waals surface area (Å²) in [7, 11) is 0. The summed E-state index contributed by atoms with van der Waals surface area (Å²) in [5.41, 5.74) is 0.410. The van der Waals surface area contributed by atoms with E-state index in [0.717, 1.165) is 5.69 Å². The molecule has 0 spiro atoms. The summed E-state index contributed by atoms with van der Waals surface area (Å²) < 4.78 is 12.9. The number of hydrogen-bond donors (Lipinski definition) is 2. The molecule has 42 heavy (non-hydrogen) atoms. The fourth-order valence-electron chi connectivity index (χ4n) is 5.39. The van der Waals surface area contributed by atoms with E-state index in [2.05, 4.69) is 0 Å². The van der Waals surface area contributed by atoms with E-state index in [1.807, 2.05) is 60.7 Å². The first kappa shape index (κ1) is 25.1. The number of hydrogen-bond acceptors (Lipinski definition) is 7. The lowest BCUT2D eigenvalue weighted by atomic mass is 9.83. The minimum Gasteiger partial charge on any atom is -0.507 e. The Labute approximate surface area is 238 Å². The van der Waals surface area contributed by atoms with Crippen LogP contribution in [0.1, 0.15) is 22.6 Å². The van der Waals surface area contributed by atoms with Crippen LogP contribution >= 0.6 is 0 Å². The highest BCUT2D eigenvalue weighted by molar-refractivity contribution is 5.87. The van der Waals surface area contributed by atoms with Crippen molar-refractivity contribution in [1.82, 2.24) is 9.78 Å². The van der Waals surface area contributed by atoms with Crippen LogP contribution in [0.3, 0.4) is 0 Å². The molecule has 0 aliphatic heterocycles. The van der Waals surface area contributed by atoms with E-state index in [9.17, 15) is 19.8 Å². The molecule has 8 heteroatoms. The Bertz CT molecular complexity index is 2120. The van der Waals surface area contributed by atoms with Crippen molar-refractivity contribution in [2.75, 3.05) is 0 Å². The van der Waals surface area contributed by atoms with E-state index in [0.29, 0.717) is 16.8 Å². The largest absolute Gasteiger partial charge is 0.507 e. The van der Waals surface area contributed by atoms with E-state index in [1.165, 1.54) is 0 Å². The molecule has 0 aliphatic rings. The third-order valence-corrected chi connectivity index (χ3v) is 7.34. The standard InChI is InChI=1S/C34H22N2O6/c37-31-22-15-7-9-17-25(22)41-33(39)28(31)27(29-32(38)23-16-8-10-18-26(23)42-34(29)40)24-19-36(21-13-5-2-6-14-21)35-30(24)20-11-3-1-4-12-20/h1-19,27,37-38H. The van der Waals surface area contributed by atoms with Crippen LogP contribution in [0.4, 0.5) is 0 Å². The summed E-state index contributed by atoms with van der Waals surface area (Å²) in [6, 6.07) is 31.7. The van der Waals surface area contributed by atoms with Gasteiger partial charge in [0.05, 0.1) is 39.2 Å². The normalized spacial score (nSPS) is 11.5. The molecule has 0 saturated carbocycles. The van der Waals surface area contributed by atoms with Gasteiger partial charge in [-0.05, 0) is 36.4 Å². The maximum atomic E-state index is 13.7. The van der Waals surface area contributed by atoms with Gasteiger partial charge in [-0.25, -0.2) is 14.3 Å². The molecule has 0 atom stereocenters. The van der Waals surface area contributed by atoms with E-state index >= 15 is 0 Å². The molecule has 0 aliphatic carbocycles. The predicted octanol–water partition coefficient (Wildman–Crippen LogP) is 6.34. The van der Waals surface area contributed by atoms with Crippen molar-refractivity contribution in [3.63, 3.8) is 0 Å². The Kier molecular flexibility index (Phi) is 5.94. The number of rotatable bonds is 5. The van der Waals surface area contributed by atoms with Gasteiger partial charge in [0.15, 0.2) is 0 Å². The molecule has 3 heterocycles. The summed E-state index contributed by atoms with van der Waals surface area (Å²) in [5, 5.41) is 28.6. The van der Waals surface area contributed by atoms with Crippen molar-refractivity contribution in [3.8, 4) is 28.4 Å². The van der Waals surface area contributed by atoms with Gasteiger partial charge < -0.3 is 19.0 Å². The van der Waals surface area contributed by atoms with Crippen LogP contribution in [-0.2, 0) is 0 Å². The van der Waals surface area contributed by atoms with Crippen LogP contribution in [0.5, 0.6) is 11.5 Å². The van der Waals surface area contributed by atoms with Crippen LogP contribution < -0.4 is 11.3 Å². The van der Waals surface area contributed by atoms with Crippen molar-refractivity contribution in [3.05, 3.63) is 153 Å². The molecule has 4 aromatic carbocycles. The molecule has 0 radical (unpaired) electrons. The summed E-state index contributed by atoms with van der Waals surface area (Å²) in [4.78, 5) is 27.4. The van der Waals surface area contributed by atoms with Gasteiger partial charge in [0.2, 0.25) is 0 Å². The molecule has 204 valence electrons. The number of nitrogens with zero attached hydrogens (tertiary/aromatic N) is 2. The Morgan fingerprint density at radius 1 is 0.619 bits per heavy atom. The first-order valence-electron chi connectivity index (χ1n) is 13.2. The number of benzene rings is 4. The minimum absolute atomic E-state index is 0.181. The average molecular weight is 555 g/mol. The molecule has 0 fully saturated rings. The van der Waals surface area contributed by atoms with Crippen molar-refractivity contribution >= 4 is 21.9 Å². The second-order valence-electron chi connectivity index (χ2n) is 9.81. The minimum atomic E-state index is -1.32. The lowest BCUT2D eigenvalue weighted by Gasteiger charge is -2.19. The summed E-state index contributed by atoms with van der Waals surface area (Å²) in [5.74, 6) is -2.06. The Morgan fingerprint density at radius 2 is 1.10 bits per heavy atom. The third kappa shape index (κ3) is 4.05. The summed E-state index contributed by atoms with van der Waals surface area (Å²) in [6.07, 6.45) is 1.68. The highest BCUT2D eigenvalue weighted by Crippen LogP contribution is 2.44. The SMILES string of the molecule is O=c1oc2ccccc2c(O)c1C(c1cn(-c2ccccc2)nc1-c1ccccc1)c1c(O)c2ccccc2oc1=O. The van der Waals surface area contributed by atoms with Crippen LogP contribution in [0.15, 0.2) is 134 Å². The molecule has 7 aromatic rings. The lowest BCUT2D eigenvalue weighted by molar-refractivity contribution is 0.441. The maximum absolute atomic E-state index is 13.7. The predicted molar refractivity (Wildman–Crippen MR) is 158 cm³/mol. The summed E-state index contributed by atoms with van der Waals surface area (Å²) >= 11 is 0. The molecule has 0 amide bonds. The van der Waals surface area contributed by atoms with Crippen molar-refractivity contribution in [1.29, 1.82) is 0 Å². The van der Waals surface area contributed by atoms with Crippen molar-refractivity contribution < 1.29 is 19.0 Å². The molecule has 2 N–H and O–H groups in total. The number of aromatic hydroxyl groups is 2. The Morgan fingerprint density at radius 3 is 1.64 bits per heavy atom. The first-order chi connectivity index (χ1) is 20.5. The lowest BCUT2D eigenvalue weighted by Crippen LogP contribution is -2.21. The third-order valence-electron chi connectivity index (χ3n) is 7.34. The van der Waals surface area contributed by atoms with Crippen LogP contribution in [0.2, 0.25) is 0 Å². The highest BCUT2D eigenvalue weighted by atomic mass is 16.4. The van der Waals surface area contributed by atoms with Crippen molar-refractivity contribution in [2.45, 2.75) is 5.92 Å². The van der Waals surface area contributed by atoms with Crippen molar-refractivity contribution in [2.24, 2.45) is 0 Å². The Balaban J connectivity index is 1.62. The second-order valence-corrected chi connectivity index (χ2v) is 9.81. The average Bonchev–Trinajstić information content (AvgIpc) is 3.46. The molecule has 3 aromatic heterocycles. The fraction of sp³-hybridized carbons (Fsp3) is 0.0294.